The van der Waals surface area contributed by atoms with Gasteiger partial charge in [-0.05, 0) is 26.2 Å². The van der Waals surface area contributed by atoms with Crippen LogP contribution >= 0.6 is 0 Å². The van der Waals surface area contributed by atoms with Crippen LogP contribution in [0.2, 0.25) is 0 Å². The number of hydrogen-bond acceptors (Lipinski definition) is 5. The maximum atomic E-state index is 11.2. The monoisotopic (exact) mass is 268 g/mol. The van der Waals surface area contributed by atoms with E-state index in [4.69, 9.17) is 0 Å². The van der Waals surface area contributed by atoms with Crippen molar-refractivity contribution in [2.24, 2.45) is 5.92 Å². The summed E-state index contributed by atoms with van der Waals surface area (Å²) in [7, 11) is 0. The summed E-state index contributed by atoms with van der Waals surface area (Å²) >= 11 is 0. The van der Waals surface area contributed by atoms with Gasteiger partial charge in [-0.1, -0.05) is 6.92 Å². The van der Waals surface area contributed by atoms with E-state index >= 15 is 0 Å². The predicted molar refractivity (Wildman–Crippen MR) is 71.3 cm³/mol. The van der Waals surface area contributed by atoms with E-state index in [1.54, 1.807) is 11.6 Å². The van der Waals surface area contributed by atoms with Crippen molar-refractivity contribution < 1.29 is 10.0 Å². The third kappa shape index (κ3) is 2.42. The van der Waals surface area contributed by atoms with Crippen molar-refractivity contribution in [3.8, 4) is 0 Å². The normalized spacial score (nSPS) is 23.7. The second-order valence-corrected chi connectivity index (χ2v) is 5.11. The van der Waals surface area contributed by atoms with Gasteiger partial charge in [-0.3, -0.25) is 10.1 Å². The molecule has 1 N–H and O–H groups in total. The fourth-order valence-corrected chi connectivity index (χ4v) is 2.55. The molecule has 0 bridgehead atoms. The summed E-state index contributed by atoms with van der Waals surface area (Å²) in [4.78, 5) is 12.7. The highest BCUT2D eigenvalue weighted by atomic mass is 16.6. The lowest BCUT2D eigenvalue weighted by Crippen LogP contribution is -2.44. The molecule has 2 heterocycles. The molecule has 2 unspecified atom stereocenters. The average Bonchev–Trinajstić information content (AvgIpc) is 2.69. The van der Waals surface area contributed by atoms with Gasteiger partial charge in [0.25, 0.3) is 0 Å². The number of nitro groups is 1. The molecule has 0 saturated carbocycles. The molecule has 1 aromatic heterocycles. The molecule has 19 heavy (non-hydrogen) atoms. The summed E-state index contributed by atoms with van der Waals surface area (Å²) in [5.41, 5.74) is 0.485. The molecule has 2 rings (SSSR count). The number of rotatable bonds is 3. The van der Waals surface area contributed by atoms with Gasteiger partial charge >= 0.3 is 5.69 Å². The molecule has 1 aliphatic rings. The second-order valence-electron chi connectivity index (χ2n) is 5.11. The van der Waals surface area contributed by atoms with Crippen molar-refractivity contribution in [2.45, 2.75) is 39.8 Å². The summed E-state index contributed by atoms with van der Waals surface area (Å²) in [5.74, 6) is 0.755. The van der Waals surface area contributed by atoms with Crippen LogP contribution in [0, 0.1) is 23.0 Å². The molecule has 1 aliphatic heterocycles. The van der Waals surface area contributed by atoms with Crippen LogP contribution in [0.1, 0.15) is 26.0 Å². The number of aryl methyl sites for hydroxylation is 2. The number of aliphatic hydroxyl groups excluding tert-OH is 1. The third-order valence-corrected chi connectivity index (χ3v) is 3.77. The van der Waals surface area contributed by atoms with E-state index in [1.807, 2.05) is 18.7 Å². The third-order valence-electron chi connectivity index (χ3n) is 3.77. The maximum absolute atomic E-state index is 11.2. The Hall–Kier alpha value is -1.63. The number of aromatic nitrogens is 2. The Morgan fingerprint density at radius 1 is 1.58 bits per heavy atom. The first-order valence-corrected chi connectivity index (χ1v) is 6.60. The van der Waals surface area contributed by atoms with Crippen molar-refractivity contribution in [3.63, 3.8) is 0 Å². The smallest absolute Gasteiger partial charge is 0.333 e. The molecule has 0 amide bonds. The minimum Gasteiger partial charge on any atom is -0.391 e. The number of aliphatic hydroxyl groups is 1. The summed E-state index contributed by atoms with van der Waals surface area (Å²) in [6, 6.07) is 0. The molecule has 0 radical (unpaired) electrons. The van der Waals surface area contributed by atoms with Gasteiger partial charge in [0.05, 0.1) is 11.0 Å². The van der Waals surface area contributed by atoms with Crippen molar-refractivity contribution >= 4 is 11.5 Å². The van der Waals surface area contributed by atoms with Crippen molar-refractivity contribution in [2.75, 3.05) is 18.0 Å². The number of hydrogen-bond donors (Lipinski definition) is 1. The summed E-state index contributed by atoms with van der Waals surface area (Å²) in [6.07, 6.45) is 0.376. The van der Waals surface area contributed by atoms with Gasteiger partial charge in [-0.2, -0.15) is 5.10 Å². The van der Waals surface area contributed by atoms with Crippen LogP contribution < -0.4 is 4.90 Å². The van der Waals surface area contributed by atoms with Gasteiger partial charge in [0.2, 0.25) is 5.82 Å². The largest absolute Gasteiger partial charge is 0.391 e. The highest BCUT2D eigenvalue weighted by Gasteiger charge is 2.33. The molecule has 0 aliphatic carbocycles. The summed E-state index contributed by atoms with van der Waals surface area (Å²) in [6.45, 7) is 7.27. The Bertz CT molecular complexity index is 486. The van der Waals surface area contributed by atoms with Crippen LogP contribution in [0.25, 0.3) is 0 Å². The highest BCUT2D eigenvalue weighted by molar-refractivity contribution is 5.61. The predicted octanol–water partition coefficient (Wildman–Crippen LogP) is 1.33. The summed E-state index contributed by atoms with van der Waals surface area (Å²) in [5, 5.41) is 25.4. The average molecular weight is 268 g/mol. The molecule has 7 heteroatoms. The molecule has 7 nitrogen and oxygen atoms in total. The first-order chi connectivity index (χ1) is 8.95. The molecule has 0 aromatic carbocycles. The van der Waals surface area contributed by atoms with E-state index in [0.29, 0.717) is 31.1 Å². The van der Waals surface area contributed by atoms with E-state index in [-0.39, 0.29) is 16.5 Å². The van der Waals surface area contributed by atoms with E-state index < -0.39 is 6.10 Å². The number of β-amino-alcohol motifs (C(OH)–C–C–N with tert-alkyl or cyclic N) is 1. The fourth-order valence-electron chi connectivity index (χ4n) is 2.55. The minimum absolute atomic E-state index is 0.0589. The zero-order valence-corrected chi connectivity index (χ0v) is 11.5. The second kappa shape index (κ2) is 5.16. The van der Waals surface area contributed by atoms with Gasteiger partial charge in [-0.25, -0.2) is 4.68 Å². The Morgan fingerprint density at radius 3 is 2.79 bits per heavy atom. The molecule has 106 valence electrons. The van der Waals surface area contributed by atoms with Gasteiger partial charge in [-0.15, -0.1) is 0 Å². The molecule has 1 aromatic rings. The fraction of sp³-hybridized carbons (Fsp3) is 0.750. The first-order valence-electron chi connectivity index (χ1n) is 6.60. The zero-order chi connectivity index (χ0) is 14.2. The van der Waals surface area contributed by atoms with Crippen molar-refractivity contribution in [1.29, 1.82) is 0 Å². The molecule has 1 saturated heterocycles. The van der Waals surface area contributed by atoms with Gasteiger partial charge in [0.15, 0.2) is 0 Å². The Morgan fingerprint density at radius 2 is 2.26 bits per heavy atom. The van der Waals surface area contributed by atoms with Crippen LogP contribution in [-0.4, -0.2) is 39.0 Å². The summed E-state index contributed by atoms with van der Waals surface area (Å²) < 4.78 is 1.65. The van der Waals surface area contributed by atoms with Crippen LogP contribution in [0.3, 0.4) is 0 Å². The Labute approximate surface area is 112 Å². The standard InChI is InChI=1S/C12H20N4O3/c1-4-15-12(11(16(18)19)9(3)13-15)14-6-5-8(2)10(17)7-14/h8,10,17H,4-7H2,1-3H3. The van der Waals surface area contributed by atoms with Gasteiger partial charge in [0, 0.05) is 19.6 Å². The van der Waals surface area contributed by atoms with Crippen LogP contribution in [0.5, 0.6) is 0 Å². The van der Waals surface area contributed by atoms with E-state index in [1.165, 1.54) is 0 Å². The molecular weight excluding hydrogens is 248 g/mol. The SMILES string of the molecule is CCn1nc(C)c([N+](=O)[O-])c1N1CCC(C)C(O)C1. The topological polar surface area (TPSA) is 84.4 Å². The number of piperidine rings is 1. The van der Waals surface area contributed by atoms with Gasteiger partial charge in [0.1, 0.15) is 5.69 Å². The minimum atomic E-state index is -0.450. The Balaban J connectivity index is 2.40. The van der Waals surface area contributed by atoms with Crippen LogP contribution in [0.4, 0.5) is 11.5 Å². The van der Waals surface area contributed by atoms with Crippen LogP contribution in [0.15, 0.2) is 0 Å². The van der Waals surface area contributed by atoms with Gasteiger partial charge < -0.3 is 10.0 Å². The van der Waals surface area contributed by atoms with Crippen molar-refractivity contribution in [1.82, 2.24) is 9.78 Å². The highest BCUT2D eigenvalue weighted by Crippen LogP contribution is 2.34. The lowest BCUT2D eigenvalue weighted by molar-refractivity contribution is -0.384. The molecular formula is C12H20N4O3. The molecule has 0 spiro atoms. The van der Waals surface area contributed by atoms with E-state index in [9.17, 15) is 15.2 Å². The van der Waals surface area contributed by atoms with E-state index in [2.05, 4.69) is 5.10 Å². The first kappa shape index (κ1) is 13.8. The lowest BCUT2D eigenvalue weighted by Gasteiger charge is -2.35. The number of anilines is 1. The molecule has 1 fully saturated rings. The van der Waals surface area contributed by atoms with Crippen molar-refractivity contribution in [3.05, 3.63) is 15.8 Å². The quantitative estimate of drug-likeness (QED) is 0.660. The van der Waals surface area contributed by atoms with Crippen LogP contribution in [-0.2, 0) is 6.54 Å². The Kier molecular flexibility index (Phi) is 3.75. The molecule has 2 atom stereocenters. The lowest BCUT2D eigenvalue weighted by atomic mass is 9.96. The van der Waals surface area contributed by atoms with E-state index in [0.717, 1.165) is 6.42 Å². The number of nitrogens with zero attached hydrogens (tertiary/aromatic N) is 4. The zero-order valence-electron chi connectivity index (χ0n) is 11.5. The maximum Gasteiger partial charge on any atom is 0.333 e.